The largest absolute Gasteiger partial charge is 0.304 e. The molecule has 1 aromatic heterocycles. The summed E-state index contributed by atoms with van der Waals surface area (Å²) in [4.78, 5) is 14.5. The van der Waals surface area contributed by atoms with Crippen molar-refractivity contribution in [3.63, 3.8) is 0 Å². The predicted octanol–water partition coefficient (Wildman–Crippen LogP) is 2.60. The Bertz CT molecular complexity index is 655. The van der Waals surface area contributed by atoms with Crippen LogP contribution in [0.3, 0.4) is 0 Å². The molecule has 0 spiro atoms. The van der Waals surface area contributed by atoms with Crippen LogP contribution in [-0.2, 0) is 6.42 Å². The van der Waals surface area contributed by atoms with Crippen molar-refractivity contribution in [3.8, 4) is 11.8 Å². The Kier molecular flexibility index (Phi) is 3.57. The number of imidazole rings is 1. The highest BCUT2D eigenvalue weighted by atomic mass is 16.6. The van der Waals surface area contributed by atoms with Crippen LogP contribution >= 0.6 is 0 Å². The molecule has 0 aliphatic rings. The molecule has 2 aromatic rings. The average molecular weight is 256 g/mol. The number of nitrogens with zero attached hydrogens (tertiary/aromatic N) is 4. The molecule has 0 saturated carbocycles. The monoisotopic (exact) mass is 256 g/mol. The summed E-state index contributed by atoms with van der Waals surface area (Å²) in [6, 6.07) is 6.34. The number of aromatic nitrogens is 2. The van der Waals surface area contributed by atoms with Gasteiger partial charge in [-0.3, -0.25) is 10.1 Å². The first-order chi connectivity index (χ1) is 9.17. The molecule has 0 unspecified atom stereocenters. The van der Waals surface area contributed by atoms with Crippen molar-refractivity contribution in [3.05, 3.63) is 52.1 Å². The van der Waals surface area contributed by atoms with Gasteiger partial charge >= 0.3 is 0 Å². The van der Waals surface area contributed by atoms with Crippen LogP contribution in [0.25, 0.3) is 5.69 Å². The lowest BCUT2D eigenvalue weighted by Crippen LogP contribution is -2.01. The number of nitro benzene ring substituents is 1. The third-order valence-electron chi connectivity index (χ3n) is 2.77. The molecule has 0 bridgehead atoms. The van der Waals surface area contributed by atoms with E-state index in [0.29, 0.717) is 5.69 Å². The fourth-order valence-electron chi connectivity index (χ4n) is 1.90. The van der Waals surface area contributed by atoms with Crippen molar-refractivity contribution in [1.82, 2.24) is 9.55 Å². The van der Waals surface area contributed by atoms with Crippen LogP contribution in [0.5, 0.6) is 0 Å². The van der Waals surface area contributed by atoms with Gasteiger partial charge in [-0.1, -0.05) is 6.92 Å². The van der Waals surface area contributed by atoms with Gasteiger partial charge in [-0.05, 0) is 18.6 Å². The molecule has 0 amide bonds. The summed E-state index contributed by atoms with van der Waals surface area (Å²) in [7, 11) is 0. The fraction of sp³-hybridized carbons (Fsp3) is 0.231. The molecular weight excluding hydrogens is 244 g/mol. The summed E-state index contributed by atoms with van der Waals surface area (Å²) in [6.07, 6.45) is 5.23. The van der Waals surface area contributed by atoms with E-state index in [1.165, 1.54) is 12.1 Å². The maximum atomic E-state index is 10.8. The molecule has 0 aliphatic carbocycles. The standard InChI is InChI=1S/C13H12N4O2/c1-2-3-13-15-6-7-16(13)11-4-5-12(17(18)19)10(8-11)9-14/h4-8H,2-3H2,1H3. The minimum atomic E-state index is -0.552. The zero-order chi connectivity index (χ0) is 13.8. The van der Waals surface area contributed by atoms with E-state index in [4.69, 9.17) is 5.26 Å². The molecule has 6 heteroatoms. The van der Waals surface area contributed by atoms with Gasteiger partial charge in [0.25, 0.3) is 5.69 Å². The number of hydrogen-bond acceptors (Lipinski definition) is 4. The lowest BCUT2D eigenvalue weighted by Gasteiger charge is -2.07. The zero-order valence-corrected chi connectivity index (χ0v) is 10.4. The molecule has 0 fully saturated rings. The van der Waals surface area contributed by atoms with E-state index in [0.717, 1.165) is 18.7 Å². The van der Waals surface area contributed by atoms with Crippen LogP contribution < -0.4 is 0 Å². The number of rotatable bonds is 4. The van der Waals surface area contributed by atoms with E-state index in [2.05, 4.69) is 11.9 Å². The molecule has 0 radical (unpaired) electrons. The van der Waals surface area contributed by atoms with Crippen LogP contribution in [0.1, 0.15) is 24.7 Å². The van der Waals surface area contributed by atoms with Crippen LogP contribution in [-0.4, -0.2) is 14.5 Å². The summed E-state index contributed by atoms with van der Waals surface area (Å²) >= 11 is 0. The van der Waals surface area contributed by atoms with E-state index >= 15 is 0 Å². The fourth-order valence-corrected chi connectivity index (χ4v) is 1.90. The van der Waals surface area contributed by atoms with E-state index < -0.39 is 4.92 Å². The van der Waals surface area contributed by atoms with Gasteiger partial charge in [0.05, 0.1) is 4.92 Å². The molecule has 96 valence electrons. The Labute approximate surface area is 110 Å². The van der Waals surface area contributed by atoms with Gasteiger partial charge < -0.3 is 4.57 Å². The van der Waals surface area contributed by atoms with Crippen LogP contribution in [0.4, 0.5) is 5.69 Å². The van der Waals surface area contributed by atoms with Crippen LogP contribution in [0.15, 0.2) is 30.6 Å². The first-order valence-electron chi connectivity index (χ1n) is 5.88. The first kappa shape index (κ1) is 12.8. The zero-order valence-electron chi connectivity index (χ0n) is 10.4. The SMILES string of the molecule is CCCc1nccn1-c1ccc([N+](=O)[O-])c(C#N)c1. The van der Waals surface area contributed by atoms with Crippen molar-refractivity contribution in [1.29, 1.82) is 5.26 Å². The Morgan fingerprint density at radius 1 is 1.53 bits per heavy atom. The normalized spacial score (nSPS) is 10.1. The second kappa shape index (κ2) is 5.31. The quantitative estimate of drug-likeness (QED) is 0.621. The maximum absolute atomic E-state index is 10.8. The van der Waals surface area contributed by atoms with E-state index in [1.807, 2.05) is 10.6 Å². The highest BCUT2D eigenvalue weighted by Crippen LogP contribution is 2.22. The van der Waals surface area contributed by atoms with Crippen molar-refractivity contribution < 1.29 is 4.92 Å². The lowest BCUT2D eigenvalue weighted by atomic mass is 10.1. The molecule has 6 nitrogen and oxygen atoms in total. The Morgan fingerprint density at radius 3 is 2.95 bits per heavy atom. The summed E-state index contributed by atoms with van der Waals surface area (Å²) in [5.41, 5.74) is 0.588. The van der Waals surface area contributed by atoms with Crippen LogP contribution in [0.2, 0.25) is 0 Å². The molecule has 2 rings (SSSR count). The van der Waals surface area contributed by atoms with Gasteiger partial charge in [0, 0.05) is 30.6 Å². The smallest absolute Gasteiger partial charge is 0.287 e. The summed E-state index contributed by atoms with van der Waals surface area (Å²) < 4.78 is 1.84. The highest BCUT2D eigenvalue weighted by molar-refractivity contribution is 5.54. The summed E-state index contributed by atoms with van der Waals surface area (Å²) in [6.45, 7) is 2.05. The molecule has 1 heterocycles. The van der Waals surface area contributed by atoms with Crippen LogP contribution in [0, 0.1) is 21.4 Å². The molecular formula is C13H12N4O2. The van der Waals surface area contributed by atoms with Gasteiger partial charge in [0.2, 0.25) is 0 Å². The van der Waals surface area contributed by atoms with E-state index in [-0.39, 0.29) is 11.3 Å². The van der Waals surface area contributed by atoms with Crippen molar-refractivity contribution in [2.75, 3.05) is 0 Å². The number of hydrogen-bond donors (Lipinski definition) is 0. The van der Waals surface area contributed by atoms with Gasteiger partial charge in [-0.2, -0.15) is 5.26 Å². The third kappa shape index (κ3) is 2.45. The highest BCUT2D eigenvalue weighted by Gasteiger charge is 2.15. The first-order valence-corrected chi connectivity index (χ1v) is 5.88. The van der Waals surface area contributed by atoms with Crippen molar-refractivity contribution in [2.24, 2.45) is 0 Å². The third-order valence-corrected chi connectivity index (χ3v) is 2.77. The van der Waals surface area contributed by atoms with Gasteiger partial charge in [0.15, 0.2) is 0 Å². The second-order valence-electron chi connectivity index (χ2n) is 4.03. The molecule has 0 atom stereocenters. The van der Waals surface area contributed by atoms with Crippen molar-refractivity contribution in [2.45, 2.75) is 19.8 Å². The van der Waals surface area contributed by atoms with Gasteiger partial charge in [-0.15, -0.1) is 0 Å². The second-order valence-corrected chi connectivity index (χ2v) is 4.03. The molecule has 0 N–H and O–H groups in total. The predicted molar refractivity (Wildman–Crippen MR) is 68.9 cm³/mol. The molecule has 0 saturated heterocycles. The topological polar surface area (TPSA) is 84.8 Å². The lowest BCUT2D eigenvalue weighted by molar-refractivity contribution is -0.385. The summed E-state index contributed by atoms with van der Waals surface area (Å²) in [5, 5.41) is 19.8. The minimum Gasteiger partial charge on any atom is -0.304 e. The molecule has 19 heavy (non-hydrogen) atoms. The van der Waals surface area contributed by atoms with Crippen molar-refractivity contribution >= 4 is 5.69 Å². The minimum absolute atomic E-state index is 0.0543. The van der Waals surface area contributed by atoms with E-state index in [9.17, 15) is 10.1 Å². The number of benzene rings is 1. The van der Waals surface area contributed by atoms with E-state index in [1.54, 1.807) is 18.5 Å². The van der Waals surface area contributed by atoms with Gasteiger partial charge in [-0.25, -0.2) is 4.98 Å². The number of nitriles is 1. The van der Waals surface area contributed by atoms with Gasteiger partial charge in [0.1, 0.15) is 17.5 Å². The summed E-state index contributed by atoms with van der Waals surface area (Å²) in [5.74, 6) is 0.875. The number of aryl methyl sites for hydroxylation is 1. The Hall–Kier alpha value is -2.68. The Morgan fingerprint density at radius 2 is 2.32 bits per heavy atom. The molecule has 1 aromatic carbocycles. The maximum Gasteiger partial charge on any atom is 0.287 e. The number of nitro groups is 1. The molecule has 0 aliphatic heterocycles. The Balaban J connectivity index is 2.49. The average Bonchev–Trinajstić information content (AvgIpc) is 2.86.